The number of nitrogens with two attached hydrogens (primary N) is 1. The smallest absolute Gasteiger partial charge is 0.337 e. The normalized spacial score (nSPS) is 10.7. The van der Waals surface area contributed by atoms with Crippen LogP contribution in [0.1, 0.15) is 10.4 Å². The molecule has 0 saturated carbocycles. The molecule has 23 heavy (non-hydrogen) atoms. The number of carbonyl (C=O) groups excluding carboxylic acids is 1. The van der Waals surface area contributed by atoms with Crippen molar-refractivity contribution in [3.05, 3.63) is 62.0 Å². The zero-order valence-corrected chi connectivity index (χ0v) is 14.3. The molecule has 0 radical (unpaired) electrons. The zero-order valence-electron chi connectivity index (χ0n) is 12.1. The summed E-state index contributed by atoms with van der Waals surface area (Å²) in [5.41, 5.74) is 7.17. The first-order valence-corrected chi connectivity index (χ1v) is 7.75. The number of methoxy groups -OCH3 is 1. The second-order valence-corrected chi connectivity index (χ2v) is 6.06. The van der Waals surface area contributed by atoms with E-state index in [1.54, 1.807) is 36.4 Å². The zero-order chi connectivity index (χ0) is 16.6. The Balaban J connectivity index is 2.19. The van der Waals surface area contributed by atoms with Crippen LogP contribution in [-0.2, 0) is 4.74 Å². The first-order chi connectivity index (χ1) is 11.0. The van der Waals surface area contributed by atoms with Gasteiger partial charge in [0.25, 0.3) is 5.56 Å². The van der Waals surface area contributed by atoms with E-state index in [9.17, 15) is 9.59 Å². The Labute approximate surface area is 145 Å². The molecule has 1 heterocycles. The Hall–Kier alpha value is -2.42. The number of benzene rings is 2. The Kier molecular flexibility index (Phi) is 4.03. The summed E-state index contributed by atoms with van der Waals surface area (Å²) in [6, 6.07) is 11.8. The minimum Gasteiger partial charge on any atom is -0.465 e. The number of carbonyl (C=O) groups is 1. The fraction of sp³-hybridized carbons (Fsp3) is 0.0625. The van der Waals surface area contributed by atoms with Crippen LogP contribution in [0.25, 0.3) is 16.6 Å². The Morgan fingerprint density at radius 3 is 2.57 bits per heavy atom. The van der Waals surface area contributed by atoms with E-state index < -0.39 is 5.97 Å². The van der Waals surface area contributed by atoms with Crippen molar-refractivity contribution in [1.82, 2.24) is 9.55 Å². The van der Waals surface area contributed by atoms with E-state index in [2.05, 4.69) is 32.3 Å². The van der Waals surface area contributed by atoms with Crippen LogP contribution in [0.15, 0.2) is 47.3 Å². The molecule has 6 nitrogen and oxygen atoms in total. The molecule has 7 heteroatoms. The van der Waals surface area contributed by atoms with Crippen LogP contribution in [0.3, 0.4) is 0 Å². The maximum Gasteiger partial charge on any atom is 0.337 e. The molecule has 2 aromatic carbocycles. The number of rotatable bonds is 2. The van der Waals surface area contributed by atoms with E-state index in [0.29, 0.717) is 22.2 Å². The van der Waals surface area contributed by atoms with Crippen molar-refractivity contribution in [3.8, 4) is 5.69 Å². The summed E-state index contributed by atoms with van der Waals surface area (Å²) in [6.45, 7) is 0. The van der Waals surface area contributed by atoms with Crippen LogP contribution in [0.2, 0.25) is 0 Å². The summed E-state index contributed by atoms with van der Waals surface area (Å²) in [5, 5.41) is 0.489. The number of fused-ring (bicyclic) bond motifs is 1. The Morgan fingerprint density at radius 2 is 1.91 bits per heavy atom. The molecule has 0 bridgehead atoms. The topological polar surface area (TPSA) is 87.2 Å². The van der Waals surface area contributed by atoms with Crippen LogP contribution in [0.5, 0.6) is 0 Å². The molecule has 0 saturated heterocycles. The van der Waals surface area contributed by atoms with Gasteiger partial charge in [-0.1, -0.05) is 0 Å². The Bertz CT molecular complexity index is 965. The molecular weight excluding hydrogens is 409 g/mol. The van der Waals surface area contributed by atoms with E-state index in [0.717, 1.165) is 3.57 Å². The van der Waals surface area contributed by atoms with Crippen LogP contribution >= 0.6 is 22.6 Å². The third kappa shape index (κ3) is 2.79. The number of halogens is 1. The minimum atomic E-state index is -0.442. The highest BCUT2D eigenvalue weighted by molar-refractivity contribution is 14.1. The quantitative estimate of drug-likeness (QED) is 0.507. The van der Waals surface area contributed by atoms with Gasteiger partial charge >= 0.3 is 5.97 Å². The van der Waals surface area contributed by atoms with Gasteiger partial charge in [-0.25, -0.2) is 14.3 Å². The van der Waals surface area contributed by atoms with Gasteiger partial charge in [-0.05, 0) is 65.1 Å². The summed E-state index contributed by atoms with van der Waals surface area (Å²) in [6.07, 6.45) is 0. The van der Waals surface area contributed by atoms with Gasteiger partial charge in [-0.2, -0.15) is 0 Å². The van der Waals surface area contributed by atoms with Crippen LogP contribution < -0.4 is 11.3 Å². The number of nitrogen functional groups attached to an aromatic ring is 1. The van der Waals surface area contributed by atoms with E-state index in [1.165, 1.54) is 11.7 Å². The van der Waals surface area contributed by atoms with E-state index in [1.807, 2.05) is 6.07 Å². The highest BCUT2D eigenvalue weighted by Crippen LogP contribution is 2.17. The summed E-state index contributed by atoms with van der Waals surface area (Å²) in [4.78, 5) is 28.5. The molecule has 1 aromatic heterocycles. The third-order valence-electron chi connectivity index (χ3n) is 3.40. The van der Waals surface area contributed by atoms with Gasteiger partial charge in [0.1, 0.15) is 0 Å². The van der Waals surface area contributed by atoms with Gasteiger partial charge in [-0.3, -0.25) is 4.79 Å². The lowest BCUT2D eigenvalue weighted by Crippen LogP contribution is -2.23. The van der Waals surface area contributed by atoms with Crippen molar-refractivity contribution < 1.29 is 9.53 Å². The van der Waals surface area contributed by atoms with Crippen molar-refractivity contribution in [2.75, 3.05) is 12.8 Å². The predicted octanol–water partition coefficient (Wildman–Crippen LogP) is 2.36. The molecule has 0 aliphatic heterocycles. The van der Waals surface area contributed by atoms with Gasteiger partial charge in [0.05, 0.1) is 29.3 Å². The monoisotopic (exact) mass is 421 g/mol. The van der Waals surface area contributed by atoms with Gasteiger partial charge in [-0.15, -0.1) is 0 Å². The summed E-state index contributed by atoms with van der Waals surface area (Å²) in [5.74, 6) is -0.349. The largest absolute Gasteiger partial charge is 0.465 e. The lowest BCUT2D eigenvalue weighted by atomic mass is 10.2. The van der Waals surface area contributed by atoms with Crippen molar-refractivity contribution >= 4 is 45.4 Å². The third-order valence-corrected chi connectivity index (χ3v) is 4.07. The number of esters is 1. The standard InChI is InChI=1S/C16H12IN3O3/c1-23-15(22)9-2-5-11(6-3-9)20-14(21)12-8-10(17)4-7-13(12)19-16(20)18/h2-8H,1H3,(H2,18,19). The molecule has 0 fully saturated rings. The molecule has 0 aliphatic rings. The van der Waals surface area contributed by atoms with E-state index in [4.69, 9.17) is 5.73 Å². The van der Waals surface area contributed by atoms with Crippen molar-refractivity contribution in [3.63, 3.8) is 0 Å². The number of aromatic nitrogens is 2. The van der Waals surface area contributed by atoms with Crippen molar-refractivity contribution in [2.45, 2.75) is 0 Å². The molecule has 0 atom stereocenters. The van der Waals surface area contributed by atoms with Gasteiger partial charge in [0.15, 0.2) is 0 Å². The van der Waals surface area contributed by atoms with Crippen molar-refractivity contribution in [1.29, 1.82) is 0 Å². The number of hydrogen-bond donors (Lipinski definition) is 1. The molecule has 0 spiro atoms. The average molecular weight is 421 g/mol. The summed E-state index contributed by atoms with van der Waals surface area (Å²) < 4.78 is 6.91. The van der Waals surface area contributed by atoms with Crippen LogP contribution in [0.4, 0.5) is 5.95 Å². The van der Waals surface area contributed by atoms with Crippen LogP contribution in [0, 0.1) is 3.57 Å². The van der Waals surface area contributed by atoms with Gasteiger partial charge < -0.3 is 10.5 Å². The predicted molar refractivity (Wildman–Crippen MR) is 95.8 cm³/mol. The lowest BCUT2D eigenvalue weighted by Gasteiger charge is -2.11. The Morgan fingerprint density at radius 1 is 1.22 bits per heavy atom. The molecule has 0 unspecified atom stereocenters. The fourth-order valence-corrected chi connectivity index (χ4v) is 2.78. The highest BCUT2D eigenvalue weighted by atomic mass is 127. The van der Waals surface area contributed by atoms with Crippen molar-refractivity contribution in [2.24, 2.45) is 0 Å². The first-order valence-electron chi connectivity index (χ1n) is 6.68. The number of ether oxygens (including phenoxy) is 1. The van der Waals surface area contributed by atoms with E-state index >= 15 is 0 Å². The molecule has 2 N–H and O–H groups in total. The number of hydrogen-bond acceptors (Lipinski definition) is 5. The lowest BCUT2D eigenvalue weighted by molar-refractivity contribution is 0.0601. The SMILES string of the molecule is COC(=O)c1ccc(-n2c(N)nc3ccc(I)cc3c2=O)cc1. The minimum absolute atomic E-state index is 0.0922. The van der Waals surface area contributed by atoms with E-state index in [-0.39, 0.29) is 11.5 Å². The molecule has 0 aliphatic carbocycles. The molecule has 0 amide bonds. The van der Waals surface area contributed by atoms with Gasteiger partial charge in [0.2, 0.25) is 5.95 Å². The second kappa shape index (κ2) is 5.99. The first kappa shape index (κ1) is 15.5. The molecule has 3 rings (SSSR count). The molecule has 3 aromatic rings. The average Bonchev–Trinajstić information content (AvgIpc) is 2.55. The molecule has 116 valence electrons. The number of nitrogens with zero attached hydrogens (tertiary/aromatic N) is 2. The maximum absolute atomic E-state index is 12.7. The maximum atomic E-state index is 12.7. The fourth-order valence-electron chi connectivity index (χ4n) is 2.29. The summed E-state index contributed by atoms with van der Waals surface area (Å²) in [7, 11) is 1.31. The highest BCUT2D eigenvalue weighted by Gasteiger charge is 2.12. The second-order valence-electron chi connectivity index (χ2n) is 4.81. The van der Waals surface area contributed by atoms with Crippen LogP contribution in [-0.4, -0.2) is 22.6 Å². The number of anilines is 1. The summed E-state index contributed by atoms with van der Waals surface area (Å²) >= 11 is 2.14. The van der Waals surface area contributed by atoms with Gasteiger partial charge in [0, 0.05) is 3.57 Å². The molecular formula is C16H12IN3O3.